The average Bonchev–Trinajstić information content (AvgIpc) is 2.50. The summed E-state index contributed by atoms with van der Waals surface area (Å²) in [5.41, 5.74) is 2.63. The number of halogens is 1. The summed E-state index contributed by atoms with van der Waals surface area (Å²) in [4.78, 5) is 0. The number of anilines is 1. The first-order valence-electron chi connectivity index (χ1n) is 7.06. The molecular weight excluding hydrogens is 269 g/mol. The van der Waals surface area contributed by atoms with Crippen LogP contribution in [0, 0.1) is 12.7 Å². The van der Waals surface area contributed by atoms with Gasteiger partial charge in [0.2, 0.25) is 0 Å². The monoisotopic (exact) mass is 287 g/mol. The van der Waals surface area contributed by atoms with Crippen LogP contribution in [0.3, 0.4) is 0 Å². The number of fused-ring (bicyclic) bond motifs is 1. The Morgan fingerprint density at radius 3 is 2.57 bits per heavy atom. The van der Waals surface area contributed by atoms with Crippen LogP contribution in [-0.4, -0.2) is 13.2 Å². The molecule has 3 nitrogen and oxygen atoms in total. The van der Waals surface area contributed by atoms with Gasteiger partial charge in [-0.2, -0.15) is 0 Å². The second-order valence-electron chi connectivity index (χ2n) is 5.23. The van der Waals surface area contributed by atoms with E-state index in [1.54, 1.807) is 13.0 Å². The quantitative estimate of drug-likeness (QED) is 0.922. The fraction of sp³-hybridized carbons (Fsp3) is 0.294. The summed E-state index contributed by atoms with van der Waals surface area (Å²) >= 11 is 0. The van der Waals surface area contributed by atoms with Crippen molar-refractivity contribution in [3.8, 4) is 11.5 Å². The van der Waals surface area contributed by atoms with Crippen molar-refractivity contribution in [2.24, 2.45) is 0 Å². The molecule has 2 aromatic rings. The van der Waals surface area contributed by atoms with E-state index in [0.717, 1.165) is 22.7 Å². The number of benzene rings is 2. The molecule has 1 aliphatic rings. The van der Waals surface area contributed by atoms with Crippen LogP contribution in [0.15, 0.2) is 36.4 Å². The molecule has 3 rings (SSSR count). The highest BCUT2D eigenvalue weighted by molar-refractivity contribution is 5.50. The van der Waals surface area contributed by atoms with Crippen LogP contribution < -0.4 is 14.8 Å². The van der Waals surface area contributed by atoms with Crippen LogP contribution in [-0.2, 0) is 0 Å². The fourth-order valence-electron chi connectivity index (χ4n) is 2.40. The zero-order valence-corrected chi connectivity index (χ0v) is 12.2. The minimum Gasteiger partial charge on any atom is -0.486 e. The van der Waals surface area contributed by atoms with Gasteiger partial charge in [0.15, 0.2) is 11.5 Å². The molecule has 1 aliphatic heterocycles. The summed E-state index contributed by atoms with van der Waals surface area (Å²) in [5, 5.41) is 3.37. The number of rotatable bonds is 3. The molecule has 0 aromatic heterocycles. The molecule has 4 heteroatoms. The Kier molecular flexibility index (Phi) is 3.69. The van der Waals surface area contributed by atoms with Gasteiger partial charge in [0.25, 0.3) is 0 Å². The highest BCUT2D eigenvalue weighted by Gasteiger charge is 2.14. The van der Waals surface area contributed by atoms with E-state index in [1.807, 2.05) is 24.3 Å². The molecule has 0 fully saturated rings. The van der Waals surface area contributed by atoms with Crippen molar-refractivity contribution in [3.63, 3.8) is 0 Å². The smallest absolute Gasteiger partial charge is 0.161 e. The average molecular weight is 287 g/mol. The van der Waals surface area contributed by atoms with E-state index >= 15 is 0 Å². The fourth-order valence-corrected chi connectivity index (χ4v) is 2.40. The Morgan fingerprint density at radius 2 is 1.81 bits per heavy atom. The molecule has 1 heterocycles. The van der Waals surface area contributed by atoms with Gasteiger partial charge in [0.05, 0.1) is 0 Å². The van der Waals surface area contributed by atoms with Crippen molar-refractivity contribution in [2.75, 3.05) is 18.5 Å². The summed E-state index contributed by atoms with van der Waals surface area (Å²) in [6.45, 7) is 4.99. The highest BCUT2D eigenvalue weighted by Crippen LogP contribution is 2.33. The van der Waals surface area contributed by atoms with E-state index in [0.29, 0.717) is 18.8 Å². The maximum atomic E-state index is 13.3. The van der Waals surface area contributed by atoms with Crippen LogP contribution in [0.25, 0.3) is 0 Å². The first-order valence-corrected chi connectivity index (χ1v) is 7.06. The van der Waals surface area contributed by atoms with Crippen LogP contribution in [0.2, 0.25) is 0 Å². The summed E-state index contributed by atoms with van der Waals surface area (Å²) in [6, 6.07) is 11.1. The summed E-state index contributed by atoms with van der Waals surface area (Å²) < 4.78 is 24.4. The molecule has 1 unspecified atom stereocenters. The summed E-state index contributed by atoms with van der Waals surface area (Å²) in [7, 11) is 0. The second-order valence-corrected chi connectivity index (χ2v) is 5.23. The zero-order chi connectivity index (χ0) is 14.8. The highest BCUT2D eigenvalue weighted by atomic mass is 19.1. The number of ether oxygens (including phenoxy) is 2. The molecule has 1 atom stereocenters. The van der Waals surface area contributed by atoms with Gasteiger partial charge < -0.3 is 14.8 Å². The van der Waals surface area contributed by atoms with E-state index in [2.05, 4.69) is 12.2 Å². The molecule has 1 N–H and O–H groups in total. The van der Waals surface area contributed by atoms with E-state index in [9.17, 15) is 4.39 Å². The lowest BCUT2D eigenvalue weighted by molar-refractivity contribution is 0.171. The lowest BCUT2D eigenvalue weighted by Gasteiger charge is -2.21. The standard InChI is InChI=1S/C17H18FNO2/c1-11-9-14(4-5-15(11)18)19-12(2)13-3-6-16-17(10-13)21-8-7-20-16/h3-6,9-10,12,19H,7-8H2,1-2H3. The third-order valence-electron chi connectivity index (χ3n) is 3.61. The number of nitrogens with one attached hydrogen (secondary N) is 1. The Balaban J connectivity index is 1.78. The molecular formula is C17H18FNO2. The predicted molar refractivity (Wildman–Crippen MR) is 80.6 cm³/mol. The van der Waals surface area contributed by atoms with Gasteiger partial charge >= 0.3 is 0 Å². The van der Waals surface area contributed by atoms with Crippen molar-refractivity contribution in [1.82, 2.24) is 0 Å². The third-order valence-corrected chi connectivity index (χ3v) is 3.61. The summed E-state index contributed by atoms with van der Waals surface area (Å²) in [5.74, 6) is 1.38. The van der Waals surface area contributed by atoms with Crippen LogP contribution in [0.1, 0.15) is 24.1 Å². The van der Waals surface area contributed by atoms with Gasteiger partial charge in [0.1, 0.15) is 19.0 Å². The van der Waals surface area contributed by atoms with Crippen molar-refractivity contribution in [1.29, 1.82) is 0 Å². The molecule has 0 spiro atoms. The van der Waals surface area contributed by atoms with E-state index in [-0.39, 0.29) is 11.9 Å². The first kappa shape index (κ1) is 13.7. The molecule has 0 amide bonds. The zero-order valence-electron chi connectivity index (χ0n) is 12.2. The predicted octanol–water partition coefficient (Wildman–Crippen LogP) is 4.08. The molecule has 0 bridgehead atoms. The van der Waals surface area contributed by atoms with E-state index in [1.165, 1.54) is 6.07 Å². The van der Waals surface area contributed by atoms with Crippen molar-refractivity contribution in [3.05, 3.63) is 53.3 Å². The Morgan fingerprint density at radius 1 is 1.05 bits per heavy atom. The molecule has 0 saturated heterocycles. The molecule has 0 radical (unpaired) electrons. The van der Waals surface area contributed by atoms with E-state index < -0.39 is 0 Å². The van der Waals surface area contributed by atoms with Crippen LogP contribution in [0.4, 0.5) is 10.1 Å². The van der Waals surface area contributed by atoms with E-state index in [4.69, 9.17) is 9.47 Å². The van der Waals surface area contributed by atoms with Gasteiger partial charge in [-0.25, -0.2) is 4.39 Å². The molecule has 0 aliphatic carbocycles. The topological polar surface area (TPSA) is 30.5 Å². The van der Waals surface area contributed by atoms with Gasteiger partial charge in [0, 0.05) is 11.7 Å². The summed E-state index contributed by atoms with van der Waals surface area (Å²) in [6.07, 6.45) is 0. The first-order chi connectivity index (χ1) is 10.1. The van der Waals surface area contributed by atoms with Crippen molar-refractivity contribution < 1.29 is 13.9 Å². The maximum absolute atomic E-state index is 13.3. The van der Waals surface area contributed by atoms with Crippen molar-refractivity contribution >= 4 is 5.69 Å². The Hall–Kier alpha value is -2.23. The van der Waals surface area contributed by atoms with Gasteiger partial charge in [-0.05, 0) is 55.3 Å². The van der Waals surface area contributed by atoms with Crippen molar-refractivity contribution in [2.45, 2.75) is 19.9 Å². The normalized spacial score (nSPS) is 14.6. The van der Waals surface area contributed by atoms with Gasteiger partial charge in [-0.15, -0.1) is 0 Å². The third kappa shape index (κ3) is 2.94. The number of hydrogen-bond donors (Lipinski definition) is 1. The SMILES string of the molecule is Cc1cc(NC(C)c2ccc3c(c2)OCCO3)ccc1F. The molecule has 110 valence electrons. The maximum Gasteiger partial charge on any atom is 0.161 e. The van der Waals surface area contributed by atoms with Gasteiger partial charge in [-0.3, -0.25) is 0 Å². The van der Waals surface area contributed by atoms with Crippen LogP contribution >= 0.6 is 0 Å². The molecule has 21 heavy (non-hydrogen) atoms. The Labute approximate surface area is 123 Å². The lowest BCUT2D eigenvalue weighted by atomic mass is 10.1. The van der Waals surface area contributed by atoms with Crippen LogP contribution in [0.5, 0.6) is 11.5 Å². The lowest BCUT2D eigenvalue weighted by Crippen LogP contribution is -2.16. The van der Waals surface area contributed by atoms with Gasteiger partial charge in [-0.1, -0.05) is 6.07 Å². The largest absolute Gasteiger partial charge is 0.486 e. The molecule has 2 aromatic carbocycles. The minimum atomic E-state index is -0.187. The Bertz CT molecular complexity index is 657. The molecule has 0 saturated carbocycles. The second kappa shape index (κ2) is 5.64. The minimum absolute atomic E-state index is 0.0886. The number of hydrogen-bond acceptors (Lipinski definition) is 3. The number of aryl methyl sites for hydroxylation is 1.